The Hall–Kier alpha value is -3.70. The molecule has 0 bridgehead atoms. The summed E-state index contributed by atoms with van der Waals surface area (Å²) in [5, 5.41) is 24.1. The summed E-state index contributed by atoms with van der Waals surface area (Å²) >= 11 is 0. The van der Waals surface area contributed by atoms with E-state index in [1.165, 1.54) is 30.5 Å². The lowest BCUT2D eigenvalue weighted by molar-refractivity contribution is -0.485. The van der Waals surface area contributed by atoms with Crippen LogP contribution in [-0.4, -0.2) is 34.1 Å². The molecule has 1 aromatic rings. The lowest BCUT2D eigenvalue weighted by atomic mass is 10.2. The SMILES string of the molecule is N/C(=N\[N+](=O)[O-])NNC(=O)C(=O)NN=Cc1ccc(O)cc1. The molecule has 0 spiro atoms. The second kappa shape index (κ2) is 7.78. The van der Waals surface area contributed by atoms with Gasteiger partial charge in [0.15, 0.2) is 5.03 Å². The maximum Gasteiger partial charge on any atom is 0.331 e. The number of phenolic OH excluding ortho intramolecular Hbond substituents is 1. The number of carbonyl (C=O) groups excluding carboxylic acids is 2. The number of hydrazine groups is 1. The predicted octanol–water partition coefficient (Wildman–Crippen LogP) is -2.03. The van der Waals surface area contributed by atoms with Crippen molar-refractivity contribution in [1.82, 2.24) is 16.3 Å². The Morgan fingerprint density at radius 3 is 2.45 bits per heavy atom. The summed E-state index contributed by atoms with van der Waals surface area (Å²) in [4.78, 5) is 32.5. The van der Waals surface area contributed by atoms with Gasteiger partial charge in [-0.25, -0.2) is 15.5 Å². The number of phenols is 1. The van der Waals surface area contributed by atoms with Gasteiger partial charge >= 0.3 is 11.8 Å². The minimum absolute atomic E-state index is 0.0700. The molecule has 12 heteroatoms. The summed E-state index contributed by atoms with van der Waals surface area (Å²) in [6, 6.07) is 5.89. The van der Waals surface area contributed by atoms with Crippen molar-refractivity contribution >= 4 is 24.0 Å². The second-order valence-electron chi connectivity index (χ2n) is 3.59. The third kappa shape index (κ3) is 5.96. The van der Waals surface area contributed by atoms with Crippen LogP contribution in [0.5, 0.6) is 5.75 Å². The van der Waals surface area contributed by atoms with Gasteiger partial charge in [-0.15, -0.1) is 0 Å². The predicted molar refractivity (Wildman–Crippen MR) is 73.7 cm³/mol. The van der Waals surface area contributed by atoms with Crippen LogP contribution in [0, 0.1) is 10.1 Å². The number of nitro groups is 1. The van der Waals surface area contributed by atoms with E-state index in [9.17, 15) is 19.7 Å². The van der Waals surface area contributed by atoms with Crippen molar-refractivity contribution < 1.29 is 19.7 Å². The molecule has 1 rings (SSSR count). The molecular weight excluding hydrogens is 298 g/mol. The smallest absolute Gasteiger partial charge is 0.331 e. The Morgan fingerprint density at radius 1 is 1.23 bits per heavy atom. The van der Waals surface area contributed by atoms with Crippen LogP contribution in [0.1, 0.15) is 5.56 Å². The number of carbonyl (C=O) groups is 2. The molecule has 116 valence electrons. The first kappa shape index (κ1) is 16.4. The van der Waals surface area contributed by atoms with Crippen LogP contribution in [0.15, 0.2) is 34.5 Å². The third-order valence-electron chi connectivity index (χ3n) is 1.97. The molecule has 0 radical (unpaired) electrons. The molecule has 2 amide bonds. The summed E-state index contributed by atoms with van der Waals surface area (Å²) < 4.78 is 0. The molecule has 0 fully saturated rings. The molecule has 0 unspecified atom stereocenters. The number of benzene rings is 1. The highest BCUT2D eigenvalue weighted by molar-refractivity contribution is 6.35. The van der Waals surface area contributed by atoms with Crippen LogP contribution in [0.25, 0.3) is 0 Å². The third-order valence-corrected chi connectivity index (χ3v) is 1.97. The van der Waals surface area contributed by atoms with Gasteiger partial charge in [-0.3, -0.25) is 20.4 Å². The zero-order valence-corrected chi connectivity index (χ0v) is 10.9. The number of hydrogen-bond acceptors (Lipinski definition) is 6. The van der Waals surface area contributed by atoms with Gasteiger partial charge < -0.3 is 10.8 Å². The van der Waals surface area contributed by atoms with Crippen molar-refractivity contribution in [2.45, 2.75) is 0 Å². The van der Waals surface area contributed by atoms with Gasteiger partial charge in [0.25, 0.3) is 5.96 Å². The fraction of sp³-hybridized carbons (Fsp3) is 0. The fourth-order valence-electron chi connectivity index (χ4n) is 1.07. The van der Waals surface area contributed by atoms with E-state index in [0.29, 0.717) is 5.56 Å². The Morgan fingerprint density at radius 2 is 1.86 bits per heavy atom. The van der Waals surface area contributed by atoms with E-state index in [4.69, 9.17) is 10.8 Å². The van der Waals surface area contributed by atoms with Crippen LogP contribution in [0.3, 0.4) is 0 Å². The van der Waals surface area contributed by atoms with Crippen molar-refractivity contribution in [3.05, 3.63) is 39.9 Å². The lowest BCUT2D eigenvalue weighted by Gasteiger charge is -2.03. The molecule has 0 saturated carbocycles. The number of amides is 2. The monoisotopic (exact) mass is 309 g/mol. The van der Waals surface area contributed by atoms with E-state index in [2.05, 4.69) is 10.2 Å². The Kier molecular flexibility index (Phi) is 5.79. The summed E-state index contributed by atoms with van der Waals surface area (Å²) in [6.45, 7) is 0. The molecule has 0 atom stereocenters. The molecule has 6 N–H and O–H groups in total. The summed E-state index contributed by atoms with van der Waals surface area (Å²) in [7, 11) is 0. The first-order valence-electron chi connectivity index (χ1n) is 5.55. The van der Waals surface area contributed by atoms with Gasteiger partial charge in [0.1, 0.15) is 10.9 Å². The van der Waals surface area contributed by atoms with Crippen LogP contribution in [0.4, 0.5) is 0 Å². The van der Waals surface area contributed by atoms with Gasteiger partial charge in [-0.2, -0.15) is 5.10 Å². The largest absolute Gasteiger partial charge is 0.508 e. The molecule has 0 heterocycles. The minimum Gasteiger partial charge on any atom is -0.508 e. The van der Waals surface area contributed by atoms with Crippen molar-refractivity contribution in [2.75, 3.05) is 0 Å². The summed E-state index contributed by atoms with van der Waals surface area (Å²) in [6.07, 6.45) is 1.24. The maximum atomic E-state index is 11.3. The number of nitrogens with zero attached hydrogens (tertiary/aromatic N) is 3. The van der Waals surface area contributed by atoms with Gasteiger partial charge in [-0.1, -0.05) is 0 Å². The fourth-order valence-corrected chi connectivity index (χ4v) is 1.07. The van der Waals surface area contributed by atoms with E-state index in [1.54, 1.807) is 5.43 Å². The normalized spacial score (nSPS) is 11.0. The first-order valence-corrected chi connectivity index (χ1v) is 5.55. The highest BCUT2D eigenvalue weighted by Gasteiger charge is 2.12. The quantitative estimate of drug-likeness (QED) is 0.140. The van der Waals surface area contributed by atoms with Crippen LogP contribution < -0.4 is 22.0 Å². The topological polar surface area (TPSA) is 184 Å². The molecular formula is C10H11N7O5. The average Bonchev–Trinajstić information content (AvgIpc) is 2.46. The Bertz CT molecular complexity index is 625. The molecule has 0 saturated heterocycles. The molecule has 12 nitrogen and oxygen atoms in total. The molecule has 0 aromatic heterocycles. The number of nitrogens with one attached hydrogen (secondary N) is 3. The minimum atomic E-state index is -1.19. The van der Waals surface area contributed by atoms with Crippen LogP contribution >= 0.6 is 0 Å². The van der Waals surface area contributed by atoms with Crippen molar-refractivity contribution in [3.8, 4) is 5.75 Å². The van der Waals surface area contributed by atoms with E-state index in [0.717, 1.165) is 0 Å². The first-order chi connectivity index (χ1) is 10.4. The van der Waals surface area contributed by atoms with Crippen LogP contribution in [-0.2, 0) is 9.59 Å². The Balaban J connectivity index is 2.43. The number of aromatic hydroxyl groups is 1. The number of hydrogen-bond donors (Lipinski definition) is 5. The highest BCUT2D eigenvalue weighted by Crippen LogP contribution is 2.07. The van der Waals surface area contributed by atoms with Crippen LogP contribution in [0.2, 0.25) is 0 Å². The molecule has 0 aliphatic heterocycles. The lowest BCUT2D eigenvalue weighted by Crippen LogP contribution is -2.50. The number of guanidine groups is 1. The second-order valence-corrected chi connectivity index (χ2v) is 3.59. The van der Waals surface area contributed by atoms with Crippen molar-refractivity contribution in [1.29, 1.82) is 0 Å². The van der Waals surface area contributed by atoms with Gasteiger partial charge in [-0.05, 0) is 29.8 Å². The Labute approximate surface area is 122 Å². The highest BCUT2D eigenvalue weighted by atomic mass is 16.7. The summed E-state index contributed by atoms with van der Waals surface area (Å²) in [5.74, 6) is -2.97. The standard InChI is InChI=1S/C10H11N7O5/c11-10(16-17(21)22)15-14-9(20)8(19)13-12-5-6-1-3-7(18)4-2-6/h1-5,18H,(H,13,19)(H,14,20)(H3,11,15,16). The zero-order chi connectivity index (χ0) is 16.5. The van der Waals surface area contributed by atoms with E-state index in [1.807, 2.05) is 10.9 Å². The van der Waals surface area contributed by atoms with Gasteiger partial charge in [0, 0.05) is 0 Å². The molecule has 1 aromatic carbocycles. The molecule has 0 aliphatic rings. The number of nitrogens with two attached hydrogens (primary N) is 1. The van der Waals surface area contributed by atoms with E-state index >= 15 is 0 Å². The number of rotatable bonds is 3. The summed E-state index contributed by atoms with van der Waals surface area (Å²) in [5.41, 5.74) is 11.1. The van der Waals surface area contributed by atoms with Crippen molar-refractivity contribution in [2.24, 2.45) is 15.9 Å². The average molecular weight is 309 g/mol. The number of hydrazone groups is 2. The molecule has 0 aliphatic carbocycles. The van der Waals surface area contributed by atoms with E-state index in [-0.39, 0.29) is 5.75 Å². The van der Waals surface area contributed by atoms with E-state index < -0.39 is 22.8 Å². The maximum absolute atomic E-state index is 11.3. The van der Waals surface area contributed by atoms with Crippen molar-refractivity contribution in [3.63, 3.8) is 0 Å². The van der Waals surface area contributed by atoms with Gasteiger partial charge in [0.2, 0.25) is 0 Å². The zero-order valence-electron chi connectivity index (χ0n) is 10.9. The molecule has 22 heavy (non-hydrogen) atoms. The van der Waals surface area contributed by atoms with Gasteiger partial charge in [0.05, 0.1) is 6.21 Å².